The zero-order valence-corrected chi connectivity index (χ0v) is 10.9. The van der Waals surface area contributed by atoms with Crippen LogP contribution in [0.25, 0.3) is 0 Å². The first-order chi connectivity index (χ1) is 8.29. The van der Waals surface area contributed by atoms with Gasteiger partial charge < -0.3 is 4.74 Å². The van der Waals surface area contributed by atoms with Gasteiger partial charge >= 0.3 is 0 Å². The van der Waals surface area contributed by atoms with Crippen LogP contribution in [0.2, 0.25) is 0 Å². The lowest BCUT2D eigenvalue weighted by Gasteiger charge is -2.15. The maximum atomic E-state index is 5.88. The van der Waals surface area contributed by atoms with Crippen molar-refractivity contribution < 1.29 is 4.74 Å². The van der Waals surface area contributed by atoms with Crippen LogP contribution in [0.1, 0.15) is 57.4 Å². The van der Waals surface area contributed by atoms with Gasteiger partial charge in [0.05, 0.1) is 0 Å². The SMILES string of the molecule is CCC(C)c1ccc(OC2=CCCCC2)cc1. The second kappa shape index (κ2) is 5.90. The Morgan fingerprint density at radius 2 is 1.94 bits per heavy atom. The quantitative estimate of drug-likeness (QED) is 0.704. The third-order valence-corrected chi connectivity index (χ3v) is 3.56. The van der Waals surface area contributed by atoms with Crippen LogP contribution in [-0.4, -0.2) is 0 Å². The smallest absolute Gasteiger partial charge is 0.126 e. The van der Waals surface area contributed by atoms with Crippen molar-refractivity contribution in [3.05, 3.63) is 41.7 Å². The monoisotopic (exact) mass is 230 g/mol. The second-order valence-corrected chi connectivity index (χ2v) is 4.90. The van der Waals surface area contributed by atoms with E-state index in [1.165, 1.54) is 31.2 Å². The lowest BCUT2D eigenvalue weighted by Crippen LogP contribution is -2.00. The summed E-state index contributed by atoms with van der Waals surface area (Å²) in [6.07, 6.45) is 8.24. The molecule has 1 nitrogen and oxygen atoms in total. The predicted octanol–water partition coefficient (Wildman–Crippen LogP) is 5.04. The van der Waals surface area contributed by atoms with Crippen molar-refractivity contribution in [3.8, 4) is 5.75 Å². The second-order valence-electron chi connectivity index (χ2n) is 4.90. The molecule has 92 valence electrons. The summed E-state index contributed by atoms with van der Waals surface area (Å²) < 4.78 is 5.88. The van der Waals surface area contributed by atoms with Crippen LogP contribution in [0.3, 0.4) is 0 Å². The van der Waals surface area contributed by atoms with E-state index in [1.54, 1.807) is 0 Å². The lowest BCUT2D eigenvalue weighted by molar-refractivity contribution is 0.383. The van der Waals surface area contributed by atoms with Crippen molar-refractivity contribution in [1.82, 2.24) is 0 Å². The molecule has 2 rings (SSSR count). The van der Waals surface area contributed by atoms with Crippen LogP contribution < -0.4 is 4.74 Å². The molecule has 1 aromatic carbocycles. The van der Waals surface area contributed by atoms with E-state index < -0.39 is 0 Å². The molecule has 1 unspecified atom stereocenters. The third-order valence-electron chi connectivity index (χ3n) is 3.56. The molecule has 0 aliphatic heterocycles. The molecule has 1 aliphatic carbocycles. The number of hydrogen-bond acceptors (Lipinski definition) is 1. The number of benzene rings is 1. The van der Waals surface area contributed by atoms with Crippen molar-refractivity contribution in [2.75, 3.05) is 0 Å². The van der Waals surface area contributed by atoms with Crippen molar-refractivity contribution >= 4 is 0 Å². The average Bonchev–Trinajstić information content (AvgIpc) is 2.40. The summed E-state index contributed by atoms with van der Waals surface area (Å²) in [5, 5.41) is 0. The maximum Gasteiger partial charge on any atom is 0.126 e. The van der Waals surface area contributed by atoms with Gasteiger partial charge in [0.1, 0.15) is 11.5 Å². The Morgan fingerprint density at radius 1 is 1.18 bits per heavy atom. The molecule has 0 aromatic heterocycles. The highest BCUT2D eigenvalue weighted by Gasteiger charge is 2.07. The largest absolute Gasteiger partial charge is 0.462 e. The summed E-state index contributed by atoms with van der Waals surface area (Å²) in [5.41, 5.74) is 1.40. The molecule has 0 saturated heterocycles. The van der Waals surface area contributed by atoms with Gasteiger partial charge in [0.25, 0.3) is 0 Å². The van der Waals surface area contributed by atoms with E-state index >= 15 is 0 Å². The Bertz CT molecular complexity index is 375. The number of hydrogen-bond donors (Lipinski definition) is 0. The first kappa shape index (κ1) is 12.2. The number of rotatable bonds is 4. The fraction of sp³-hybridized carbons (Fsp3) is 0.500. The maximum absolute atomic E-state index is 5.88. The van der Waals surface area contributed by atoms with E-state index in [0.717, 1.165) is 17.9 Å². The lowest BCUT2D eigenvalue weighted by atomic mass is 9.99. The topological polar surface area (TPSA) is 9.23 Å². The van der Waals surface area contributed by atoms with Gasteiger partial charge in [-0.3, -0.25) is 0 Å². The van der Waals surface area contributed by atoms with Crippen LogP contribution in [0.5, 0.6) is 5.75 Å². The summed E-state index contributed by atoms with van der Waals surface area (Å²) in [6, 6.07) is 8.56. The van der Waals surface area contributed by atoms with Crippen LogP contribution in [0, 0.1) is 0 Å². The minimum absolute atomic E-state index is 0.637. The van der Waals surface area contributed by atoms with Crippen molar-refractivity contribution in [2.45, 2.75) is 51.9 Å². The molecule has 0 saturated carbocycles. The summed E-state index contributed by atoms with van der Waals surface area (Å²) in [6.45, 7) is 4.49. The standard InChI is InChI=1S/C16H22O/c1-3-13(2)14-9-11-16(12-10-14)17-15-7-5-4-6-8-15/h7,9-13H,3-6,8H2,1-2H3. The van der Waals surface area contributed by atoms with Gasteiger partial charge in [-0.25, -0.2) is 0 Å². The molecular formula is C16H22O. The van der Waals surface area contributed by atoms with Gasteiger partial charge in [-0.15, -0.1) is 0 Å². The highest BCUT2D eigenvalue weighted by Crippen LogP contribution is 2.25. The molecule has 1 aliphatic rings. The fourth-order valence-corrected chi connectivity index (χ4v) is 2.15. The van der Waals surface area contributed by atoms with Crippen molar-refractivity contribution in [2.24, 2.45) is 0 Å². The Morgan fingerprint density at radius 3 is 2.53 bits per heavy atom. The van der Waals surface area contributed by atoms with Gasteiger partial charge in [0, 0.05) is 6.42 Å². The summed E-state index contributed by atoms with van der Waals surface area (Å²) >= 11 is 0. The summed E-state index contributed by atoms with van der Waals surface area (Å²) in [4.78, 5) is 0. The molecule has 1 aromatic rings. The zero-order chi connectivity index (χ0) is 12.1. The van der Waals surface area contributed by atoms with Gasteiger partial charge in [-0.1, -0.05) is 26.0 Å². The van der Waals surface area contributed by atoms with Crippen molar-refractivity contribution in [3.63, 3.8) is 0 Å². The molecule has 1 atom stereocenters. The fourth-order valence-electron chi connectivity index (χ4n) is 2.15. The van der Waals surface area contributed by atoms with Crippen LogP contribution in [-0.2, 0) is 0 Å². The Hall–Kier alpha value is -1.24. The number of ether oxygens (including phenoxy) is 1. The van der Waals surface area contributed by atoms with Gasteiger partial charge in [0.15, 0.2) is 0 Å². The Labute approximate surface area is 104 Å². The van der Waals surface area contributed by atoms with Gasteiger partial charge in [-0.2, -0.15) is 0 Å². The Kier molecular flexibility index (Phi) is 4.24. The van der Waals surface area contributed by atoms with E-state index in [1.807, 2.05) is 0 Å². The number of allylic oxidation sites excluding steroid dienone is 2. The zero-order valence-electron chi connectivity index (χ0n) is 10.9. The molecular weight excluding hydrogens is 208 g/mol. The molecule has 0 heterocycles. The molecule has 0 bridgehead atoms. The van der Waals surface area contributed by atoms with Crippen LogP contribution in [0.15, 0.2) is 36.1 Å². The van der Waals surface area contributed by atoms with Gasteiger partial charge in [-0.05, 0) is 55.4 Å². The first-order valence-electron chi connectivity index (χ1n) is 6.76. The molecule has 1 heteroatoms. The first-order valence-corrected chi connectivity index (χ1v) is 6.76. The highest BCUT2D eigenvalue weighted by atomic mass is 16.5. The third kappa shape index (κ3) is 3.36. The van der Waals surface area contributed by atoms with E-state index in [-0.39, 0.29) is 0 Å². The molecule has 0 spiro atoms. The Balaban J connectivity index is 2.00. The van der Waals surface area contributed by atoms with Gasteiger partial charge in [0.2, 0.25) is 0 Å². The van der Waals surface area contributed by atoms with Crippen molar-refractivity contribution in [1.29, 1.82) is 0 Å². The predicted molar refractivity (Wildman–Crippen MR) is 72.3 cm³/mol. The normalized spacial score (nSPS) is 17.4. The molecule has 0 fully saturated rings. The average molecular weight is 230 g/mol. The summed E-state index contributed by atoms with van der Waals surface area (Å²) in [5.74, 6) is 2.76. The van der Waals surface area contributed by atoms with E-state index in [4.69, 9.17) is 4.74 Å². The minimum atomic E-state index is 0.637. The van der Waals surface area contributed by atoms with E-state index in [0.29, 0.717) is 5.92 Å². The molecule has 0 amide bonds. The molecule has 0 N–H and O–H groups in total. The molecule has 0 radical (unpaired) electrons. The highest BCUT2D eigenvalue weighted by molar-refractivity contribution is 5.30. The minimum Gasteiger partial charge on any atom is -0.462 e. The summed E-state index contributed by atoms with van der Waals surface area (Å²) in [7, 11) is 0. The molecule has 17 heavy (non-hydrogen) atoms. The van der Waals surface area contributed by atoms with Crippen LogP contribution in [0.4, 0.5) is 0 Å². The van der Waals surface area contributed by atoms with E-state index in [9.17, 15) is 0 Å². The van der Waals surface area contributed by atoms with Crippen LogP contribution >= 0.6 is 0 Å². The van der Waals surface area contributed by atoms with E-state index in [2.05, 4.69) is 44.2 Å².